The van der Waals surface area contributed by atoms with Crippen LogP contribution < -0.4 is 0 Å². The number of ketones is 1. The number of sulfonamides is 1. The Balaban J connectivity index is 1.50. The SMILES string of the molecule is C[C@@H](CC(=O)[C@H]1CCCCN1C(=O)c1cccc(S(=O)(=O)N2CC(C#N)C2)c1)c1ccc(Cl)c(Cl)c1. The Morgan fingerprint density at radius 2 is 1.86 bits per heavy atom. The maximum atomic E-state index is 13.5. The average Bonchev–Trinajstić information content (AvgIpc) is 2.84. The fourth-order valence-corrected chi connectivity index (χ4v) is 6.59. The molecule has 0 bridgehead atoms. The number of hydrogen-bond acceptors (Lipinski definition) is 5. The van der Waals surface area contributed by atoms with Gasteiger partial charge in [0.25, 0.3) is 5.91 Å². The van der Waals surface area contributed by atoms with E-state index in [9.17, 15) is 18.0 Å². The maximum Gasteiger partial charge on any atom is 0.254 e. The second-order valence-corrected chi connectivity index (χ2v) is 12.2. The lowest BCUT2D eigenvalue weighted by molar-refractivity contribution is -0.124. The molecule has 2 aromatic rings. The molecule has 1 amide bonds. The monoisotopic (exact) mass is 547 g/mol. The number of benzene rings is 2. The molecule has 0 saturated carbocycles. The summed E-state index contributed by atoms with van der Waals surface area (Å²) in [5.74, 6) is -0.802. The molecule has 2 aliphatic heterocycles. The molecule has 2 aromatic carbocycles. The van der Waals surface area contributed by atoms with E-state index in [1.807, 2.05) is 13.0 Å². The van der Waals surface area contributed by atoms with E-state index < -0.39 is 16.1 Å². The third kappa shape index (κ3) is 5.45. The Hall–Kier alpha value is -2.44. The van der Waals surface area contributed by atoms with Crippen LogP contribution in [0.3, 0.4) is 0 Å². The van der Waals surface area contributed by atoms with Gasteiger partial charge in [-0.25, -0.2) is 8.42 Å². The van der Waals surface area contributed by atoms with Crippen molar-refractivity contribution in [2.75, 3.05) is 19.6 Å². The van der Waals surface area contributed by atoms with Crippen molar-refractivity contribution in [3.05, 3.63) is 63.6 Å². The van der Waals surface area contributed by atoms with Crippen molar-refractivity contribution in [1.82, 2.24) is 9.21 Å². The Labute approximate surface area is 221 Å². The fourth-order valence-electron chi connectivity index (χ4n) is 4.70. The number of carbonyl (C=O) groups excluding carboxylic acids is 2. The number of carbonyl (C=O) groups is 2. The molecular formula is C26H27Cl2N3O4S. The minimum absolute atomic E-state index is 0.0119. The summed E-state index contributed by atoms with van der Waals surface area (Å²) >= 11 is 12.1. The van der Waals surface area contributed by atoms with Gasteiger partial charge in [-0.05, 0) is 61.1 Å². The molecule has 4 rings (SSSR count). The van der Waals surface area contributed by atoms with Gasteiger partial charge < -0.3 is 4.90 Å². The fraction of sp³-hybridized carbons (Fsp3) is 0.423. The Morgan fingerprint density at radius 3 is 2.56 bits per heavy atom. The number of halogens is 2. The summed E-state index contributed by atoms with van der Waals surface area (Å²) in [5.41, 5.74) is 1.12. The Kier molecular flexibility index (Phi) is 8.06. The maximum absolute atomic E-state index is 13.5. The van der Waals surface area contributed by atoms with Gasteiger partial charge in [0.1, 0.15) is 0 Å². The van der Waals surface area contributed by atoms with E-state index in [4.69, 9.17) is 28.5 Å². The van der Waals surface area contributed by atoms with Crippen molar-refractivity contribution in [3.8, 4) is 6.07 Å². The van der Waals surface area contributed by atoms with Crippen molar-refractivity contribution < 1.29 is 18.0 Å². The molecule has 190 valence electrons. The third-order valence-corrected chi connectivity index (χ3v) is 9.47. The lowest BCUT2D eigenvalue weighted by Crippen LogP contribution is -2.49. The van der Waals surface area contributed by atoms with Gasteiger partial charge in [0.15, 0.2) is 5.78 Å². The second-order valence-electron chi connectivity index (χ2n) is 9.43. The highest BCUT2D eigenvalue weighted by Gasteiger charge is 2.38. The number of rotatable bonds is 7. The number of nitriles is 1. The first-order valence-corrected chi connectivity index (χ1v) is 14.1. The van der Waals surface area contributed by atoms with Gasteiger partial charge in [-0.15, -0.1) is 0 Å². The third-order valence-electron chi connectivity index (χ3n) is 6.90. The van der Waals surface area contributed by atoms with Crippen molar-refractivity contribution in [2.24, 2.45) is 5.92 Å². The number of likely N-dealkylation sites (tertiary alicyclic amines) is 1. The van der Waals surface area contributed by atoms with E-state index in [0.29, 0.717) is 23.0 Å². The van der Waals surface area contributed by atoms with Crippen LogP contribution in [0.15, 0.2) is 47.4 Å². The highest BCUT2D eigenvalue weighted by Crippen LogP contribution is 2.31. The molecule has 0 aromatic heterocycles. The zero-order chi connectivity index (χ0) is 26.0. The molecule has 0 radical (unpaired) electrons. The van der Waals surface area contributed by atoms with Crippen LogP contribution in [0.4, 0.5) is 0 Å². The number of Topliss-reactive ketones (excluding diaryl/α,β-unsaturated/α-hetero) is 1. The summed E-state index contributed by atoms with van der Waals surface area (Å²) in [5, 5.41) is 9.83. The summed E-state index contributed by atoms with van der Waals surface area (Å²) in [7, 11) is -3.79. The first-order valence-electron chi connectivity index (χ1n) is 11.9. The molecule has 2 saturated heterocycles. The van der Waals surface area contributed by atoms with Crippen molar-refractivity contribution in [3.63, 3.8) is 0 Å². The molecule has 2 atom stereocenters. The summed E-state index contributed by atoms with van der Waals surface area (Å²) in [6, 6.07) is 12.7. The van der Waals surface area contributed by atoms with Crippen LogP contribution in [-0.4, -0.2) is 55.0 Å². The zero-order valence-electron chi connectivity index (χ0n) is 19.9. The number of piperidine rings is 1. The van der Waals surface area contributed by atoms with Gasteiger partial charge in [-0.2, -0.15) is 9.57 Å². The molecule has 0 unspecified atom stereocenters. The lowest BCUT2D eigenvalue weighted by Gasteiger charge is -2.36. The van der Waals surface area contributed by atoms with Gasteiger partial charge in [0.05, 0.1) is 33.0 Å². The van der Waals surface area contributed by atoms with Crippen LogP contribution in [0.25, 0.3) is 0 Å². The highest BCUT2D eigenvalue weighted by molar-refractivity contribution is 7.89. The Morgan fingerprint density at radius 1 is 1.11 bits per heavy atom. The quantitative estimate of drug-likeness (QED) is 0.491. The summed E-state index contributed by atoms with van der Waals surface area (Å²) in [6.45, 7) is 2.67. The molecular weight excluding hydrogens is 521 g/mol. The molecule has 0 spiro atoms. The van der Waals surface area contributed by atoms with Crippen molar-refractivity contribution >= 4 is 44.9 Å². The molecule has 2 fully saturated rings. The largest absolute Gasteiger partial charge is 0.329 e. The van der Waals surface area contributed by atoms with Gasteiger partial charge in [-0.1, -0.05) is 42.3 Å². The van der Waals surface area contributed by atoms with Crippen LogP contribution in [0.1, 0.15) is 54.4 Å². The first-order chi connectivity index (χ1) is 17.1. The molecule has 0 N–H and O–H groups in total. The van der Waals surface area contributed by atoms with Gasteiger partial charge in [0, 0.05) is 31.6 Å². The van der Waals surface area contributed by atoms with Gasteiger partial charge in [-0.3, -0.25) is 9.59 Å². The van der Waals surface area contributed by atoms with E-state index in [1.165, 1.54) is 22.5 Å². The number of hydrogen-bond donors (Lipinski definition) is 0. The molecule has 36 heavy (non-hydrogen) atoms. The van der Waals surface area contributed by atoms with E-state index in [-0.39, 0.29) is 53.5 Å². The van der Waals surface area contributed by atoms with Crippen LogP contribution in [0.5, 0.6) is 0 Å². The molecule has 2 heterocycles. The van der Waals surface area contributed by atoms with E-state index in [0.717, 1.165) is 18.4 Å². The van der Waals surface area contributed by atoms with Crippen molar-refractivity contribution in [2.45, 2.75) is 49.5 Å². The van der Waals surface area contributed by atoms with Crippen LogP contribution in [0, 0.1) is 17.2 Å². The second kappa shape index (κ2) is 10.9. The van der Waals surface area contributed by atoms with E-state index in [1.54, 1.807) is 23.1 Å². The van der Waals surface area contributed by atoms with Crippen LogP contribution in [-0.2, 0) is 14.8 Å². The molecule has 10 heteroatoms. The predicted molar refractivity (Wildman–Crippen MR) is 137 cm³/mol. The summed E-state index contributed by atoms with van der Waals surface area (Å²) in [6.07, 6.45) is 2.43. The molecule has 7 nitrogen and oxygen atoms in total. The number of nitrogens with zero attached hydrogens (tertiary/aromatic N) is 3. The number of amides is 1. The van der Waals surface area contributed by atoms with Gasteiger partial charge in [0.2, 0.25) is 10.0 Å². The highest BCUT2D eigenvalue weighted by atomic mass is 35.5. The standard InChI is InChI=1S/C26H27Cl2N3O4S/c1-17(19-8-9-22(27)23(28)13-19)11-25(32)24-7-2-3-10-31(24)26(33)20-5-4-6-21(12-20)36(34,35)30-15-18(14-29)16-30/h4-6,8-9,12-13,17-18,24H,2-3,7,10-11,15-16H2,1H3/t17-,24+/m0/s1. The lowest BCUT2D eigenvalue weighted by atomic mass is 9.89. The van der Waals surface area contributed by atoms with Crippen molar-refractivity contribution in [1.29, 1.82) is 5.26 Å². The first kappa shape index (κ1) is 26.6. The average molecular weight is 548 g/mol. The minimum atomic E-state index is -3.79. The zero-order valence-corrected chi connectivity index (χ0v) is 22.2. The summed E-state index contributed by atoms with van der Waals surface area (Å²) in [4.78, 5) is 28.4. The minimum Gasteiger partial charge on any atom is -0.329 e. The Bertz CT molecular complexity index is 1320. The summed E-state index contributed by atoms with van der Waals surface area (Å²) < 4.78 is 27.1. The van der Waals surface area contributed by atoms with E-state index in [2.05, 4.69) is 6.07 Å². The van der Waals surface area contributed by atoms with Gasteiger partial charge >= 0.3 is 0 Å². The smallest absolute Gasteiger partial charge is 0.254 e. The normalized spacial score (nSPS) is 19.8. The predicted octanol–water partition coefficient (Wildman–Crippen LogP) is 4.90. The topological polar surface area (TPSA) is 98.6 Å². The van der Waals surface area contributed by atoms with Crippen LogP contribution >= 0.6 is 23.2 Å². The van der Waals surface area contributed by atoms with E-state index >= 15 is 0 Å². The molecule has 0 aliphatic carbocycles. The van der Waals surface area contributed by atoms with Crippen LogP contribution in [0.2, 0.25) is 10.0 Å². The molecule has 2 aliphatic rings.